The molecule has 0 amide bonds. The summed E-state index contributed by atoms with van der Waals surface area (Å²) in [6.07, 6.45) is 1.60. The maximum Gasteiger partial charge on any atom is 0.166 e. The highest BCUT2D eigenvalue weighted by molar-refractivity contribution is 9.10. The van der Waals surface area contributed by atoms with Gasteiger partial charge in [-0.15, -0.1) is 0 Å². The minimum atomic E-state index is -0.300. The van der Waals surface area contributed by atoms with Gasteiger partial charge in [-0.05, 0) is 27.9 Å². The lowest BCUT2D eigenvalue weighted by molar-refractivity contribution is 0.565. The number of hydrogen-bond donors (Lipinski definition) is 1. The lowest BCUT2D eigenvalue weighted by Gasteiger charge is -2.17. The zero-order valence-electron chi connectivity index (χ0n) is 8.45. The van der Waals surface area contributed by atoms with E-state index in [0.717, 1.165) is 6.54 Å². The van der Waals surface area contributed by atoms with Crippen LogP contribution in [0, 0.1) is 11.7 Å². The van der Waals surface area contributed by atoms with Gasteiger partial charge in [-0.2, -0.15) is 0 Å². The normalized spacial score (nSPS) is 26.0. The van der Waals surface area contributed by atoms with Crippen molar-refractivity contribution in [1.82, 2.24) is 4.98 Å². The molecule has 82 valence electrons. The van der Waals surface area contributed by atoms with E-state index in [1.54, 1.807) is 6.20 Å². The summed E-state index contributed by atoms with van der Waals surface area (Å²) in [6, 6.07) is 1.53. The molecular weight excluding hydrogens is 261 g/mol. The minimum Gasteiger partial charge on any atom is -0.352 e. The van der Waals surface area contributed by atoms with Crippen molar-refractivity contribution < 1.29 is 4.39 Å². The number of pyridine rings is 1. The molecule has 1 aliphatic rings. The fourth-order valence-corrected chi connectivity index (χ4v) is 2.11. The summed E-state index contributed by atoms with van der Waals surface area (Å²) in [7, 11) is 0. The SMILES string of the molecule is CC1CN(c2ncc(Br)cc2F)CC1N. The van der Waals surface area contributed by atoms with Crippen molar-refractivity contribution in [3.63, 3.8) is 0 Å². The van der Waals surface area contributed by atoms with Crippen LogP contribution in [0.2, 0.25) is 0 Å². The molecule has 1 saturated heterocycles. The molecule has 1 aliphatic heterocycles. The third-order valence-corrected chi connectivity index (χ3v) is 3.19. The standard InChI is InChI=1S/C10H13BrFN3/c1-6-4-15(5-9(6)13)10-8(12)2-7(11)3-14-10/h2-3,6,9H,4-5,13H2,1H3. The van der Waals surface area contributed by atoms with Gasteiger partial charge in [0.2, 0.25) is 0 Å². The van der Waals surface area contributed by atoms with E-state index in [0.29, 0.717) is 22.8 Å². The number of aromatic nitrogens is 1. The van der Waals surface area contributed by atoms with E-state index in [4.69, 9.17) is 5.73 Å². The maximum absolute atomic E-state index is 13.6. The zero-order valence-corrected chi connectivity index (χ0v) is 10.0. The van der Waals surface area contributed by atoms with Gasteiger partial charge in [-0.1, -0.05) is 6.92 Å². The molecule has 2 rings (SSSR count). The summed E-state index contributed by atoms with van der Waals surface area (Å²) in [5.41, 5.74) is 5.88. The smallest absolute Gasteiger partial charge is 0.166 e. The molecular formula is C10H13BrFN3. The van der Waals surface area contributed by atoms with Crippen LogP contribution in [0.1, 0.15) is 6.92 Å². The van der Waals surface area contributed by atoms with Crippen molar-refractivity contribution in [2.24, 2.45) is 11.7 Å². The van der Waals surface area contributed by atoms with E-state index in [9.17, 15) is 4.39 Å². The fourth-order valence-electron chi connectivity index (χ4n) is 1.80. The van der Waals surface area contributed by atoms with E-state index in [2.05, 4.69) is 27.8 Å². The van der Waals surface area contributed by atoms with E-state index in [1.165, 1.54) is 6.07 Å². The number of hydrogen-bond acceptors (Lipinski definition) is 3. The molecule has 1 aromatic rings. The third-order valence-electron chi connectivity index (χ3n) is 2.76. The second-order valence-corrected chi connectivity index (χ2v) is 4.92. The van der Waals surface area contributed by atoms with Gasteiger partial charge in [0.25, 0.3) is 0 Å². The van der Waals surface area contributed by atoms with Gasteiger partial charge in [-0.3, -0.25) is 0 Å². The van der Waals surface area contributed by atoms with Crippen LogP contribution in [0.25, 0.3) is 0 Å². The zero-order chi connectivity index (χ0) is 11.0. The molecule has 3 nitrogen and oxygen atoms in total. The largest absolute Gasteiger partial charge is 0.352 e. The maximum atomic E-state index is 13.6. The van der Waals surface area contributed by atoms with Crippen molar-refractivity contribution >= 4 is 21.7 Å². The van der Waals surface area contributed by atoms with Gasteiger partial charge >= 0.3 is 0 Å². The predicted molar refractivity (Wildman–Crippen MR) is 61.2 cm³/mol. The van der Waals surface area contributed by atoms with E-state index >= 15 is 0 Å². The summed E-state index contributed by atoms with van der Waals surface area (Å²) >= 11 is 3.18. The van der Waals surface area contributed by atoms with Gasteiger partial charge in [0.05, 0.1) is 0 Å². The first kappa shape index (κ1) is 10.8. The molecule has 2 atom stereocenters. The highest BCUT2D eigenvalue weighted by atomic mass is 79.9. The Bertz CT molecular complexity index is 362. The Labute approximate surface area is 96.6 Å². The molecule has 2 unspecified atom stereocenters. The number of halogens is 2. The summed E-state index contributed by atoms with van der Waals surface area (Å²) in [5, 5.41) is 0. The van der Waals surface area contributed by atoms with Gasteiger partial charge in [-0.25, -0.2) is 9.37 Å². The topological polar surface area (TPSA) is 42.2 Å². The molecule has 0 aliphatic carbocycles. The first-order chi connectivity index (χ1) is 7.08. The third kappa shape index (κ3) is 2.13. The monoisotopic (exact) mass is 273 g/mol. The van der Waals surface area contributed by atoms with Crippen LogP contribution < -0.4 is 10.6 Å². The molecule has 15 heavy (non-hydrogen) atoms. The molecule has 2 N–H and O–H groups in total. The Morgan fingerprint density at radius 2 is 2.33 bits per heavy atom. The van der Waals surface area contributed by atoms with Crippen LogP contribution in [-0.4, -0.2) is 24.1 Å². The number of anilines is 1. The quantitative estimate of drug-likeness (QED) is 0.848. The molecule has 0 radical (unpaired) electrons. The molecule has 5 heteroatoms. The summed E-state index contributed by atoms with van der Waals surface area (Å²) in [4.78, 5) is 5.98. The van der Waals surface area contributed by atoms with Gasteiger partial charge in [0.15, 0.2) is 11.6 Å². The Balaban J connectivity index is 2.24. The van der Waals surface area contributed by atoms with E-state index in [1.807, 2.05) is 4.90 Å². The summed E-state index contributed by atoms with van der Waals surface area (Å²) < 4.78 is 14.2. The summed E-state index contributed by atoms with van der Waals surface area (Å²) in [5.74, 6) is 0.485. The van der Waals surface area contributed by atoms with Gasteiger partial charge in [0, 0.05) is 29.8 Å². The van der Waals surface area contributed by atoms with Crippen molar-refractivity contribution in [2.45, 2.75) is 13.0 Å². The van der Waals surface area contributed by atoms with Crippen molar-refractivity contribution in [3.05, 3.63) is 22.6 Å². The minimum absolute atomic E-state index is 0.106. The van der Waals surface area contributed by atoms with Crippen molar-refractivity contribution in [2.75, 3.05) is 18.0 Å². The Hall–Kier alpha value is -0.680. The van der Waals surface area contributed by atoms with E-state index in [-0.39, 0.29) is 11.9 Å². The first-order valence-electron chi connectivity index (χ1n) is 4.89. The van der Waals surface area contributed by atoms with Crippen LogP contribution in [0.15, 0.2) is 16.7 Å². The van der Waals surface area contributed by atoms with Crippen molar-refractivity contribution in [3.8, 4) is 0 Å². The molecule has 2 heterocycles. The van der Waals surface area contributed by atoms with Crippen LogP contribution in [0.3, 0.4) is 0 Å². The Morgan fingerprint density at radius 3 is 2.87 bits per heavy atom. The Morgan fingerprint density at radius 1 is 1.60 bits per heavy atom. The number of rotatable bonds is 1. The van der Waals surface area contributed by atoms with Crippen molar-refractivity contribution in [1.29, 1.82) is 0 Å². The average molecular weight is 274 g/mol. The molecule has 0 saturated carbocycles. The Kier molecular flexibility index (Phi) is 2.93. The van der Waals surface area contributed by atoms with Crippen LogP contribution in [0.4, 0.5) is 10.2 Å². The molecule has 0 spiro atoms. The average Bonchev–Trinajstić information content (AvgIpc) is 2.46. The molecule has 0 aromatic carbocycles. The van der Waals surface area contributed by atoms with Crippen LogP contribution in [0.5, 0.6) is 0 Å². The molecule has 0 bridgehead atoms. The second kappa shape index (κ2) is 4.06. The highest BCUT2D eigenvalue weighted by Gasteiger charge is 2.28. The second-order valence-electron chi connectivity index (χ2n) is 4.01. The number of nitrogens with two attached hydrogens (primary N) is 1. The molecule has 1 fully saturated rings. The lowest BCUT2D eigenvalue weighted by atomic mass is 10.1. The summed E-state index contributed by atoms with van der Waals surface area (Å²) in [6.45, 7) is 3.51. The fraction of sp³-hybridized carbons (Fsp3) is 0.500. The van der Waals surface area contributed by atoms with Crippen LogP contribution in [-0.2, 0) is 0 Å². The van der Waals surface area contributed by atoms with E-state index < -0.39 is 0 Å². The van der Waals surface area contributed by atoms with Crippen LogP contribution >= 0.6 is 15.9 Å². The molecule has 1 aromatic heterocycles. The van der Waals surface area contributed by atoms with Gasteiger partial charge < -0.3 is 10.6 Å². The first-order valence-corrected chi connectivity index (χ1v) is 5.69. The van der Waals surface area contributed by atoms with Gasteiger partial charge in [0.1, 0.15) is 0 Å². The number of nitrogens with zero attached hydrogens (tertiary/aromatic N) is 2. The predicted octanol–water partition coefficient (Wildman–Crippen LogP) is 1.77. The lowest BCUT2D eigenvalue weighted by Crippen LogP contribution is -2.29. The highest BCUT2D eigenvalue weighted by Crippen LogP contribution is 2.25.